The quantitative estimate of drug-likeness (QED) is 0.544. The molecule has 0 saturated carbocycles. The van der Waals surface area contributed by atoms with Crippen molar-refractivity contribution in [3.05, 3.63) is 52.0 Å². The lowest BCUT2D eigenvalue weighted by molar-refractivity contribution is 0.309. The number of nitrogens with zero attached hydrogens (tertiary/aromatic N) is 1. The van der Waals surface area contributed by atoms with E-state index in [0.717, 1.165) is 21.3 Å². The van der Waals surface area contributed by atoms with Gasteiger partial charge in [0.15, 0.2) is 11.5 Å². The lowest BCUT2D eigenvalue weighted by Gasteiger charge is -2.12. The number of hydrogen-bond donors (Lipinski definition) is 1. The third-order valence-corrected chi connectivity index (χ3v) is 3.90. The molecule has 0 fully saturated rings. The molecule has 0 aromatic heterocycles. The summed E-state index contributed by atoms with van der Waals surface area (Å²) in [7, 11) is 3.27. The van der Waals surface area contributed by atoms with E-state index < -0.39 is 0 Å². The number of hydrogen-bond acceptors (Lipinski definition) is 5. The fourth-order valence-electron chi connectivity index (χ4n) is 2.20. The molecule has 5 nitrogen and oxygen atoms in total. The molecule has 0 atom stereocenters. The predicted molar refractivity (Wildman–Crippen MR) is 99.3 cm³/mol. The van der Waals surface area contributed by atoms with E-state index in [1.165, 1.54) is 0 Å². The number of benzene rings is 2. The standard InChI is InChI=1S/C18H21BrN2O3/c1-4-24-18-15(19)9-13(10-17(18)23-3)11-20-21-12-14-7-5-6-8-16(14)22-2/h5-11,21H,4,12H2,1-3H3/b20-11-. The molecular weight excluding hydrogens is 372 g/mol. The van der Waals surface area contributed by atoms with Gasteiger partial charge in [-0.1, -0.05) is 18.2 Å². The van der Waals surface area contributed by atoms with Gasteiger partial charge in [0.1, 0.15) is 5.75 Å². The molecule has 0 saturated heterocycles. The van der Waals surface area contributed by atoms with E-state index >= 15 is 0 Å². The lowest BCUT2D eigenvalue weighted by Crippen LogP contribution is -2.07. The average Bonchev–Trinajstić information content (AvgIpc) is 2.61. The Morgan fingerprint density at radius 1 is 1.12 bits per heavy atom. The van der Waals surface area contributed by atoms with E-state index in [-0.39, 0.29) is 0 Å². The number of para-hydroxylation sites is 1. The number of halogens is 1. The van der Waals surface area contributed by atoms with Gasteiger partial charge in [-0.15, -0.1) is 0 Å². The molecule has 2 aromatic rings. The Kier molecular flexibility index (Phi) is 6.93. The van der Waals surface area contributed by atoms with Crippen molar-refractivity contribution in [2.45, 2.75) is 13.5 Å². The summed E-state index contributed by atoms with van der Waals surface area (Å²) in [5.74, 6) is 2.20. The van der Waals surface area contributed by atoms with Crippen LogP contribution in [0.4, 0.5) is 0 Å². The maximum atomic E-state index is 5.58. The number of hydrazone groups is 1. The zero-order valence-corrected chi connectivity index (χ0v) is 15.6. The van der Waals surface area contributed by atoms with Crippen LogP contribution in [0, 0.1) is 0 Å². The van der Waals surface area contributed by atoms with Crippen molar-refractivity contribution in [2.75, 3.05) is 20.8 Å². The second-order valence-corrected chi connectivity index (χ2v) is 5.73. The van der Waals surface area contributed by atoms with Crippen LogP contribution in [0.15, 0.2) is 46.0 Å². The lowest BCUT2D eigenvalue weighted by atomic mass is 10.2. The Morgan fingerprint density at radius 2 is 1.88 bits per heavy atom. The van der Waals surface area contributed by atoms with Crippen molar-refractivity contribution in [3.63, 3.8) is 0 Å². The molecule has 0 unspecified atom stereocenters. The highest BCUT2D eigenvalue weighted by atomic mass is 79.9. The third kappa shape index (κ3) is 4.64. The van der Waals surface area contributed by atoms with Crippen molar-refractivity contribution in [3.8, 4) is 17.2 Å². The molecule has 0 aliphatic carbocycles. The van der Waals surface area contributed by atoms with Crippen LogP contribution >= 0.6 is 15.9 Å². The first-order valence-electron chi connectivity index (χ1n) is 7.57. The summed E-state index contributed by atoms with van der Waals surface area (Å²) < 4.78 is 17.1. The van der Waals surface area contributed by atoms with Crippen LogP contribution in [-0.4, -0.2) is 27.0 Å². The summed E-state index contributed by atoms with van der Waals surface area (Å²) in [4.78, 5) is 0. The van der Waals surface area contributed by atoms with E-state index in [9.17, 15) is 0 Å². The molecule has 24 heavy (non-hydrogen) atoms. The Labute approximate surface area is 150 Å². The van der Waals surface area contributed by atoms with Crippen LogP contribution in [0.3, 0.4) is 0 Å². The van der Waals surface area contributed by atoms with Gasteiger partial charge in [-0.2, -0.15) is 5.10 Å². The first kappa shape index (κ1) is 18.1. The molecule has 1 N–H and O–H groups in total. The summed E-state index contributed by atoms with van der Waals surface area (Å²) >= 11 is 3.50. The van der Waals surface area contributed by atoms with Gasteiger partial charge >= 0.3 is 0 Å². The first-order chi connectivity index (χ1) is 11.7. The predicted octanol–water partition coefficient (Wildman–Crippen LogP) is 3.99. The average molecular weight is 393 g/mol. The Hall–Kier alpha value is -2.21. The van der Waals surface area contributed by atoms with Crippen molar-refractivity contribution in [2.24, 2.45) is 5.10 Å². The maximum Gasteiger partial charge on any atom is 0.175 e. The summed E-state index contributed by atoms with van der Waals surface area (Å²) in [5, 5.41) is 4.26. The summed E-state index contributed by atoms with van der Waals surface area (Å²) in [6.07, 6.45) is 1.73. The highest BCUT2D eigenvalue weighted by Gasteiger charge is 2.10. The van der Waals surface area contributed by atoms with Crippen LogP contribution < -0.4 is 19.6 Å². The van der Waals surface area contributed by atoms with Gasteiger partial charge in [-0.25, -0.2) is 0 Å². The SMILES string of the molecule is CCOc1c(Br)cc(/C=N\NCc2ccccc2OC)cc1OC. The largest absolute Gasteiger partial charge is 0.496 e. The van der Waals surface area contributed by atoms with Crippen molar-refractivity contribution < 1.29 is 14.2 Å². The minimum atomic E-state index is 0.572. The van der Waals surface area contributed by atoms with Gasteiger partial charge in [-0.05, 0) is 46.6 Å². The molecule has 2 rings (SSSR count). The minimum Gasteiger partial charge on any atom is -0.496 e. The van der Waals surface area contributed by atoms with Crippen molar-refractivity contribution in [1.29, 1.82) is 0 Å². The smallest absolute Gasteiger partial charge is 0.175 e. The molecule has 0 aliphatic rings. The van der Waals surface area contributed by atoms with Gasteiger partial charge < -0.3 is 19.6 Å². The molecule has 0 amide bonds. The van der Waals surface area contributed by atoms with Gasteiger partial charge in [0.25, 0.3) is 0 Å². The van der Waals surface area contributed by atoms with Crippen LogP contribution in [0.2, 0.25) is 0 Å². The molecular formula is C18H21BrN2O3. The Bertz CT molecular complexity index is 705. The highest BCUT2D eigenvalue weighted by Crippen LogP contribution is 2.36. The zero-order chi connectivity index (χ0) is 17.4. The summed E-state index contributed by atoms with van der Waals surface area (Å²) in [5.41, 5.74) is 4.97. The zero-order valence-electron chi connectivity index (χ0n) is 14.0. The molecule has 2 aromatic carbocycles. The van der Waals surface area contributed by atoms with E-state index in [1.54, 1.807) is 20.4 Å². The summed E-state index contributed by atoms with van der Waals surface area (Å²) in [6, 6.07) is 11.6. The topological polar surface area (TPSA) is 52.1 Å². The molecule has 0 aliphatic heterocycles. The number of ether oxygens (including phenoxy) is 3. The highest BCUT2D eigenvalue weighted by molar-refractivity contribution is 9.10. The monoisotopic (exact) mass is 392 g/mol. The second kappa shape index (κ2) is 9.17. The Balaban J connectivity index is 2.05. The van der Waals surface area contributed by atoms with Crippen LogP contribution in [-0.2, 0) is 6.54 Å². The Morgan fingerprint density at radius 3 is 2.58 bits per heavy atom. The summed E-state index contributed by atoms with van der Waals surface area (Å²) in [6.45, 7) is 3.09. The van der Waals surface area contributed by atoms with Crippen molar-refractivity contribution >= 4 is 22.1 Å². The van der Waals surface area contributed by atoms with Gasteiger partial charge in [-0.3, -0.25) is 0 Å². The minimum absolute atomic E-state index is 0.572. The van der Waals surface area contributed by atoms with Gasteiger partial charge in [0.05, 0.1) is 38.1 Å². The van der Waals surface area contributed by atoms with Gasteiger partial charge in [0, 0.05) is 5.56 Å². The number of rotatable bonds is 8. The maximum absolute atomic E-state index is 5.58. The van der Waals surface area contributed by atoms with E-state index in [4.69, 9.17) is 14.2 Å². The fraction of sp³-hybridized carbons (Fsp3) is 0.278. The second-order valence-electron chi connectivity index (χ2n) is 4.87. The first-order valence-corrected chi connectivity index (χ1v) is 8.37. The molecule has 0 spiro atoms. The van der Waals surface area contributed by atoms with Crippen molar-refractivity contribution in [1.82, 2.24) is 5.43 Å². The van der Waals surface area contributed by atoms with Crippen LogP contribution in [0.1, 0.15) is 18.1 Å². The molecule has 0 heterocycles. The number of methoxy groups -OCH3 is 2. The van der Waals surface area contributed by atoms with E-state index in [2.05, 4.69) is 26.5 Å². The number of nitrogens with one attached hydrogen (secondary N) is 1. The fourth-order valence-corrected chi connectivity index (χ4v) is 2.77. The van der Waals surface area contributed by atoms with Crippen LogP contribution in [0.25, 0.3) is 0 Å². The van der Waals surface area contributed by atoms with E-state index in [0.29, 0.717) is 24.7 Å². The normalized spacial score (nSPS) is 10.7. The molecule has 0 bridgehead atoms. The van der Waals surface area contributed by atoms with Gasteiger partial charge in [0.2, 0.25) is 0 Å². The third-order valence-electron chi connectivity index (χ3n) is 3.31. The molecule has 128 valence electrons. The molecule has 6 heteroatoms. The molecule has 0 radical (unpaired) electrons. The van der Waals surface area contributed by atoms with E-state index in [1.807, 2.05) is 43.3 Å². The van der Waals surface area contributed by atoms with Crippen LogP contribution in [0.5, 0.6) is 17.2 Å².